The summed E-state index contributed by atoms with van der Waals surface area (Å²) in [6.45, 7) is 7.64. The Bertz CT molecular complexity index is 1420. The van der Waals surface area contributed by atoms with Crippen molar-refractivity contribution in [1.82, 2.24) is 4.98 Å². The molecule has 40 heavy (non-hydrogen) atoms. The molecule has 3 aromatic rings. The maximum Gasteiger partial charge on any atom is 0.418 e. The molecule has 1 aromatic heterocycles. The van der Waals surface area contributed by atoms with Crippen LogP contribution in [0.5, 0.6) is 0 Å². The number of aromatic nitrogens is 1. The molecule has 0 aliphatic rings. The highest BCUT2D eigenvalue weighted by atomic mass is 19.4. The molecule has 8 nitrogen and oxygen atoms in total. The molecule has 0 saturated carbocycles. The molecule has 0 aliphatic carbocycles. The second-order valence-corrected chi connectivity index (χ2v) is 9.98. The fourth-order valence-electron chi connectivity index (χ4n) is 4.41. The van der Waals surface area contributed by atoms with Gasteiger partial charge in [0.2, 0.25) is 5.91 Å². The molecular formula is C29H31F3N4O4. The fourth-order valence-corrected chi connectivity index (χ4v) is 4.41. The number of anilines is 3. The predicted octanol–water partition coefficient (Wildman–Crippen LogP) is 6.78. The first-order valence-electron chi connectivity index (χ1n) is 12.5. The molecular weight excluding hydrogens is 525 g/mol. The van der Waals surface area contributed by atoms with Gasteiger partial charge in [0.1, 0.15) is 0 Å². The van der Waals surface area contributed by atoms with Crippen LogP contribution in [-0.4, -0.2) is 41.5 Å². The van der Waals surface area contributed by atoms with Crippen molar-refractivity contribution in [2.45, 2.75) is 40.3 Å². The van der Waals surface area contributed by atoms with E-state index in [9.17, 15) is 32.7 Å². The van der Waals surface area contributed by atoms with E-state index in [1.807, 2.05) is 51.2 Å². The number of halogens is 3. The van der Waals surface area contributed by atoms with Gasteiger partial charge in [0.15, 0.2) is 5.78 Å². The summed E-state index contributed by atoms with van der Waals surface area (Å²) in [4.78, 5) is 42.8. The molecule has 3 rings (SSSR count). The molecule has 3 N–H and O–H groups in total. The van der Waals surface area contributed by atoms with Gasteiger partial charge in [-0.2, -0.15) is 13.2 Å². The summed E-state index contributed by atoms with van der Waals surface area (Å²) in [6, 6.07) is 12.1. The second-order valence-electron chi connectivity index (χ2n) is 9.98. The molecule has 0 bridgehead atoms. The number of ketones is 1. The topological polar surface area (TPSA) is 112 Å². The highest BCUT2D eigenvalue weighted by Crippen LogP contribution is 2.41. The van der Waals surface area contributed by atoms with Crippen LogP contribution in [0.4, 0.5) is 35.0 Å². The third kappa shape index (κ3) is 7.81. The number of carbonyl (C=O) groups excluding carboxylic acids is 2. The third-order valence-electron chi connectivity index (χ3n) is 5.93. The van der Waals surface area contributed by atoms with Crippen LogP contribution in [0.25, 0.3) is 11.1 Å². The van der Waals surface area contributed by atoms with E-state index in [1.165, 1.54) is 11.9 Å². The number of hydrogen-bond donors (Lipinski definition) is 3. The van der Waals surface area contributed by atoms with Crippen LogP contribution in [0.3, 0.4) is 0 Å². The summed E-state index contributed by atoms with van der Waals surface area (Å²) in [5, 5.41) is 13.6. The first kappa shape index (κ1) is 30.1. The van der Waals surface area contributed by atoms with Crippen molar-refractivity contribution in [1.29, 1.82) is 0 Å². The minimum Gasteiger partial charge on any atom is -0.465 e. The maximum absolute atomic E-state index is 14.0. The van der Waals surface area contributed by atoms with Gasteiger partial charge < -0.3 is 15.3 Å². The quantitative estimate of drug-likeness (QED) is 0.198. The smallest absolute Gasteiger partial charge is 0.418 e. The van der Waals surface area contributed by atoms with E-state index in [0.29, 0.717) is 6.07 Å². The van der Waals surface area contributed by atoms with Crippen LogP contribution >= 0.6 is 0 Å². The average molecular weight is 557 g/mol. The Hall–Kier alpha value is -4.41. The lowest BCUT2D eigenvalue weighted by Crippen LogP contribution is -2.26. The van der Waals surface area contributed by atoms with Crippen molar-refractivity contribution in [3.8, 4) is 11.1 Å². The molecule has 0 fully saturated rings. The Labute approximate surface area is 230 Å². The van der Waals surface area contributed by atoms with E-state index >= 15 is 0 Å². The number of hydrogen-bond acceptors (Lipinski definition) is 5. The average Bonchev–Trinajstić information content (AvgIpc) is 2.82. The molecule has 0 unspecified atom stereocenters. The number of amides is 2. The number of carbonyl (C=O) groups is 3. The van der Waals surface area contributed by atoms with Crippen LogP contribution in [-0.2, 0) is 11.0 Å². The molecule has 0 saturated heterocycles. The SMILES string of the molecule is Cc1cc(-c2cccc(C(=O)CC(=O)Nc3cc(C(F)(F)F)c(N(C)CC(C)C)cc3NC(=O)O)c2)cc(C)n1. The monoisotopic (exact) mass is 556 g/mol. The van der Waals surface area contributed by atoms with Crippen LogP contribution in [0, 0.1) is 19.8 Å². The highest BCUT2D eigenvalue weighted by Gasteiger charge is 2.36. The zero-order valence-corrected chi connectivity index (χ0v) is 22.8. The van der Waals surface area contributed by atoms with Gasteiger partial charge in [0.25, 0.3) is 0 Å². The summed E-state index contributed by atoms with van der Waals surface area (Å²) < 4.78 is 41.9. The zero-order valence-electron chi connectivity index (χ0n) is 22.8. The van der Waals surface area contributed by atoms with Gasteiger partial charge in [-0.1, -0.05) is 32.0 Å². The number of aryl methyl sites for hydroxylation is 2. The molecule has 1 heterocycles. The maximum atomic E-state index is 14.0. The largest absolute Gasteiger partial charge is 0.465 e. The van der Waals surface area contributed by atoms with Gasteiger partial charge in [-0.05, 0) is 61.2 Å². The Kier molecular flexibility index (Phi) is 9.18. The van der Waals surface area contributed by atoms with Crippen LogP contribution < -0.4 is 15.5 Å². The van der Waals surface area contributed by atoms with Crippen LogP contribution in [0.1, 0.15) is 47.6 Å². The number of carboxylic acid groups (broad SMARTS) is 1. The third-order valence-corrected chi connectivity index (χ3v) is 5.93. The van der Waals surface area contributed by atoms with Crippen molar-refractivity contribution >= 4 is 34.8 Å². The van der Waals surface area contributed by atoms with Crippen molar-refractivity contribution in [3.63, 3.8) is 0 Å². The first-order chi connectivity index (χ1) is 18.6. The van der Waals surface area contributed by atoms with Gasteiger partial charge in [0.05, 0.1) is 29.0 Å². The lowest BCUT2D eigenvalue weighted by Gasteiger charge is -2.27. The zero-order chi connectivity index (χ0) is 29.8. The minimum atomic E-state index is -4.79. The molecule has 0 atom stereocenters. The number of nitrogens with one attached hydrogen (secondary N) is 2. The Morgan fingerprint density at radius 2 is 1.57 bits per heavy atom. The minimum absolute atomic E-state index is 0.0254. The van der Waals surface area contributed by atoms with Crippen molar-refractivity contribution in [2.24, 2.45) is 5.92 Å². The Balaban J connectivity index is 1.90. The lowest BCUT2D eigenvalue weighted by atomic mass is 9.99. The molecule has 212 valence electrons. The normalized spacial score (nSPS) is 11.3. The number of rotatable bonds is 9. The van der Waals surface area contributed by atoms with E-state index < -0.39 is 41.6 Å². The second kappa shape index (κ2) is 12.2. The van der Waals surface area contributed by atoms with Crippen molar-refractivity contribution in [3.05, 3.63) is 71.0 Å². The van der Waals surface area contributed by atoms with E-state index in [-0.39, 0.29) is 29.4 Å². The van der Waals surface area contributed by atoms with Crippen LogP contribution in [0.15, 0.2) is 48.5 Å². The molecule has 11 heteroatoms. The van der Waals surface area contributed by atoms with E-state index in [0.717, 1.165) is 28.6 Å². The Morgan fingerprint density at radius 1 is 0.950 bits per heavy atom. The van der Waals surface area contributed by atoms with Crippen molar-refractivity contribution < 1.29 is 32.7 Å². The lowest BCUT2D eigenvalue weighted by molar-refractivity contribution is -0.137. The Morgan fingerprint density at radius 3 is 2.15 bits per heavy atom. The first-order valence-corrected chi connectivity index (χ1v) is 12.5. The van der Waals surface area contributed by atoms with E-state index in [1.54, 1.807) is 18.2 Å². The summed E-state index contributed by atoms with van der Waals surface area (Å²) >= 11 is 0. The number of Topliss-reactive ketones (excluding diaryl/α,β-unsaturated/α-hetero) is 1. The highest BCUT2D eigenvalue weighted by molar-refractivity contribution is 6.12. The molecule has 2 amide bonds. The van der Waals surface area contributed by atoms with E-state index in [4.69, 9.17) is 0 Å². The van der Waals surface area contributed by atoms with Gasteiger partial charge in [-0.25, -0.2) is 4.79 Å². The predicted molar refractivity (Wildman–Crippen MR) is 148 cm³/mol. The summed E-state index contributed by atoms with van der Waals surface area (Å²) in [6.07, 6.45) is -6.98. The number of benzene rings is 2. The molecule has 0 spiro atoms. The summed E-state index contributed by atoms with van der Waals surface area (Å²) in [5.74, 6) is -1.42. The number of nitrogens with zero attached hydrogens (tertiary/aromatic N) is 2. The molecule has 2 aromatic carbocycles. The fraction of sp³-hybridized carbons (Fsp3) is 0.310. The van der Waals surface area contributed by atoms with E-state index in [2.05, 4.69) is 10.3 Å². The van der Waals surface area contributed by atoms with Gasteiger partial charge in [-0.3, -0.25) is 19.9 Å². The van der Waals surface area contributed by atoms with Gasteiger partial charge in [0, 0.05) is 30.5 Å². The number of pyridine rings is 1. The molecule has 0 aliphatic heterocycles. The standard InChI is InChI=1S/C29H31F3N4O4/c1-16(2)15-36(5)25-13-24(35-28(39)40)23(12-22(25)29(30,31)32)34-27(38)14-26(37)20-8-6-7-19(11-20)21-9-17(3)33-18(4)10-21/h6-13,16,35H,14-15H2,1-5H3,(H,34,38)(H,39,40). The summed E-state index contributed by atoms with van der Waals surface area (Å²) in [7, 11) is 1.47. The van der Waals surface area contributed by atoms with Crippen molar-refractivity contribution in [2.75, 3.05) is 29.1 Å². The van der Waals surface area contributed by atoms with Crippen LogP contribution in [0.2, 0.25) is 0 Å². The van der Waals surface area contributed by atoms with Gasteiger partial charge >= 0.3 is 12.3 Å². The summed E-state index contributed by atoms with van der Waals surface area (Å²) in [5.41, 5.74) is 1.46. The molecule has 0 radical (unpaired) electrons. The van der Waals surface area contributed by atoms with Gasteiger partial charge in [-0.15, -0.1) is 0 Å². The number of alkyl halides is 3.